The van der Waals surface area contributed by atoms with Gasteiger partial charge in [-0.2, -0.15) is 0 Å². The minimum absolute atomic E-state index is 0.0372. The predicted molar refractivity (Wildman–Crippen MR) is 75.0 cm³/mol. The molecular weight excluding hydrogens is 246 g/mol. The zero-order valence-corrected chi connectivity index (χ0v) is 10.8. The number of rotatable bonds is 5. The van der Waals surface area contributed by atoms with E-state index in [0.29, 0.717) is 18.0 Å². The molecule has 0 spiro atoms. The average molecular weight is 261 g/mol. The summed E-state index contributed by atoms with van der Waals surface area (Å²) in [5.74, 6) is -0.0508. The number of fused-ring (bicyclic) bond motifs is 1. The highest BCUT2D eigenvalue weighted by Gasteiger charge is 2.16. The number of nitrogens with zero attached hydrogens (tertiary/aromatic N) is 1. The Hall–Kier alpha value is -1.65. The van der Waals surface area contributed by atoms with E-state index in [2.05, 4.69) is 6.58 Å². The molecule has 0 aliphatic rings. The summed E-state index contributed by atoms with van der Waals surface area (Å²) in [5.41, 5.74) is 0. The third-order valence-electron chi connectivity index (χ3n) is 2.64. The number of benzene rings is 1. The van der Waals surface area contributed by atoms with Gasteiger partial charge in [0.05, 0.1) is 11.5 Å². The topological polar surface area (TPSA) is 40.5 Å². The lowest BCUT2D eigenvalue weighted by Crippen LogP contribution is -2.33. The monoisotopic (exact) mass is 261 g/mol. The van der Waals surface area contributed by atoms with Crippen molar-refractivity contribution in [1.82, 2.24) is 4.90 Å². The van der Waals surface area contributed by atoms with Crippen LogP contribution >= 0.6 is 11.3 Å². The lowest BCUT2D eigenvalue weighted by atomic mass is 10.2. The van der Waals surface area contributed by atoms with Crippen LogP contribution < -0.4 is 0 Å². The largest absolute Gasteiger partial charge is 0.395 e. The second kappa shape index (κ2) is 5.80. The van der Waals surface area contributed by atoms with Crippen LogP contribution in [0, 0.1) is 0 Å². The molecule has 1 aromatic carbocycles. The zero-order chi connectivity index (χ0) is 13.0. The van der Waals surface area contributed by atoms with E-state index in [-0.39, 0.29) is 12.5 Å². The van der Waals surface area contributed by atoms with Gasteiger partial charge in [0, 0.05) is 17.8 Å². The molecule has 0 unspecified atom stereocenters. The summed E-state index contributed by atoms with van der Waals surface area (Å²) >= 11 is 1.48. The number of hydrogen-bond donors (Lipinski definition) is 1. The maximum Gasteiger partial charge on any atom is 0.264 e. The van der Waals surface area contributed by atoms with Crippen molar-refractivity contribution in [3.05, 3.63) is 47.9 Å². The highest BCUT2D eigenvalue weighted by Crippen LogP contribution is 2.26. The molecule has 1 N–H and O–H groups in total. The van der Waals surface area contributed by atoms with E-state index in [1.165, 1.54) is 11.3 Å². The van der Waals surface area contributed by atoms with Crippen LogP contribution in [0.15, 0.2) is 43.0 Å². The molecule has 1 amide bonds. The molecule has 0 saturated carbocycles. The first-order chi connectivity index (χ1) is 8.76. The van der Waals surface area contributed by atoms with Crippen LogP contribution in [0.25, 0.3) is 10.1 Å². The van der Waals surface area contributed by atoms with Crippen molar-refractivity contribution in [2.75, 3.05) is 19.7 Å². The van der Waals surface area contributed by atoms with E-state index >= 15 is 0 Å². The molecule has 3 nitrogen and oxygen atoms in total. The number of carbonyl (C=O) groups excluding carboxylic acids is 1. The van der Waals surface area contributed by atoms with E-state index < -0.39 is 0 Å². The van der Waals surface area contributed by atoms with Crippen LogP contribution in [0.3, 0.4) is 0 Å². The molecule has 0 atom stereocenters. The molecule has 1 aromatic heterocycles. The minimum Gasteiger partial charge on any atom is -0.395 e. The van der Waals surface area contributed by atoms with E-state index in [0.717, 1.165) is 10.1 Å². The molecule has 1 heterocycles. The first kappa shape index (κ1) is 12.8. The Kier molecular flexibility index (Phi) is 4.12. The molecule has 0 bridgehead atoms. The number of carbonyl (C=O) groups is 1. The summed E-state index contributed by atoms with van der Waals surface area (Å²) in [5, 5.41) is 10.1. The fourth-order valence-electron chi connectivity index (χ4n) is 1.80. The third-order valence-corrected chi connectivity index (χ3v) is 3.75. The fourth-order valence-corrected chi connectivity index (χ4v) is 2.83. The van der Waals surface area contributed by atoms with Crippen molar-refractivity contribution in [2.45, 2.75) is 0 Å². The molecule has 2 aromatic rings. The number of amides is 1. The van der Waals surface area contributed by atoms with Gasteiger partial charge in [0.15, 0.2) is 0 Å². The quantitative estimate of drug-likeness (QED) is 0.840. The van der Waals surface area contributed by atoms with Crippen molar-refractivity contribution in [3.63, 3.8) is 0 Å². The number of thiophene rings is 1. The Morgan fingerprint density at radius 1 is 1.44 bits per heavy atom. The number of aliphatic hydroxyl groups is 1. The molecule has 0 fully saturated rings. The Bertz CT molecular complexity index is 529. The van der Waals surface area contributed by atoms with Gasteiger partial charge in [-0.1, -0.05) is 24.3 Å². The molecule has 0 radical (unpaired) electrons. The molecule has 2 rings (SSSR count). The Labute approximate surface area is 110 Å². The first-order valence-electron chi connectivity index (χ1n) is 5.76. The van der Waals surface area contributed by atoms with Gasteiger partial charge in [0.25, 0.3) is 5.91 Å². The summed E-state index contributed by atoms with van der Waals surface area (Å²) in [6, 6.07) is 9.81. The SMILES string of the molecule is C=CCN(CCO)C(=O)c1cc2ccccc2s1. The standard InChI is InChI=1S/C14H15NO2S/c1-2-7-15(8-9-16)14(17)13-10-11-5-3-4-6-12(11)18-13/h2-6,10,16H,1,7-9H2. The van der Waals surface area contributed by atoms with Gasteiger partial charge in [-0.3, -0.25) is 4.79 Å². The van der Waals surface area contributed by atoms with E-state index in [1.54, 1.807) is 11.0 Å². The molecule has 0 aliphatic heterocycles. The Morgan fingerprint density at radius 3 is 2.89 bits per heavy atom. The summed E-state index contributed by atoms with van der Waals surface area (Å²) in [6.45, 7) is 4.38. The Balaban J connectivity index is 2.28. The third kappa shape index (κ3) is 2.60. The molecule has 4 heteroatoms. The van der Waals surface area contributed by atoms with Gasteiger partial charge in [0.2, 0.25) is 0 Å². The van der Waals surface area contributed by atoms with Gasteiger partial charge >= 0.3 is 0 Å². The first-order valence-corrected chi connectivity index (χ1v) is 6.57. The second-order valence-corrected chi connectivity index (χ2v) is 5.00. The smallest absolute Gasteiger partial charge is 0.264 e. The van der Waals surface area contributed by atoms with Crippen molar-refractivity contribution in [3.8, 4) is 0 Å². The highest BCUT2D eigenvalue weighted by atomic mass is 32.1. The van der Waals surface area contributed by atoms with Crippen LogP contribution in [-0.2, 0) is 0 Å². The van der Waals surface area contributed by atoms with Crippen molar-refractivity contribution in [1.29, 1.82) is 0 Å². The van der Waals surface area contributed by atoms with Gasteiger partial charge in [0.1, 0.15) is 0 Å². The normalized spacial score (nSPS) is 10.5. The Morgan fingerprint density at radius 2 is 2.22 bits per heavy atom. The maximum absolute atomic E-state index is 12.3. The number of hydrogen-bond acceptors (Lipinski definition) is 3. The zero-order valence-electron chi connectivity index (χ0n) is 10.0. The fraction of sp³-hybridized carbons (Fsp3) is 0.214. The molecule has 0 aliphatic carbocycles. The molecule has 0 saturated heterocycles. The molecule has 94 valence electrons. The maximum atomic E-state index is 12.3. The van der Waals surface area contributed by atoms with Crippen LogP contribution in [0.5, 0.6) is 0 Å². The summed E-state index contributed by atoms with van der Waals surface area (Å²) in [6.07, 6.45) is 1.67. The predicted octanol–water partition coefficient (Wildman–Crippen LogP) is 2.52. The van der Waals surface area contributed by atoms with Crippen LogP contribution in [-0.4, -0.2) is 35.6 Å². The molecular formula is C14H15NO2S. The van der Waals surface area contributed by atoms with Crippen molar-refractivity contribution < 1.29 is 9.90 Å². The van der Waals surface area contributed by atoms with Crippen LogP contribution in [0.2, 0.25) is 0 Å². The van der Waals surface area contributed by atoms with Gasteiger partial charge in [-0.15, -0.1) is 17.9 Å². The summed E-state index contributed by atoms with van der Waals surface area (Å²) < 4.78 is 1.10. The van der Waals surface area contributed by atoms with E-state index in [4.69, 9.17) is 5.11 Å². The van der Waals surface area contributed by atoms with Crippen LogP contribution in [0.4, 0.5) is 0 Å². The summed E-state index contributed by atoms with van der Waals surface area (Å²) in [4.78, 5) is 14.6. The highest BCUT2D eigenvalue weighted by molar-refractivity contribution is 7.20. The second-order valence-electron chi connectivity index (χ2n) is 3.91. The molecule has 18 heavy (non-hydrogen) atoms. The minimum atomic E-state index is -0.0508. The van der Waals surface area contributed by atoms with Gasteiger partial charge < -0.3 is 10.0 Å². The average Bonchev–Trinajstić information content (AvgIpc) is 2.81. The summed E-state index contributed by atoms with van der Waals surface area (Å²) in [7, 11) is 0. The van der Waals surface area contributed by atoms with Gasteiger partial charge in [-0.25, -0.2) is 0 Å². The van der Waals surface area contributed by atoms with Gasteiger partial charge in [-0.05, 0) is 17.5 Å². The van der Waals surface area contributed by atoms with Crippen LogP contribution in [0.1, 0.15) is 9.67 Å². The van der Waals surface area contributed by atoms with Crippen molar-refractivity contribution in [2.24, 2.45) is 0 Å². The number of aliphatic hydroxyl groups excluding tert-OH is 1. The van der Waals surface area contributed by atoms with E-state index in [1.807, 2.05) is 30.3 Å². The lowest BCUT2D eigenvalue weighted by Gasteiger charge is -2.18. The lowest BCUT2D eigenvalue weighted by molar-refractivity contribution is 0.0748. The van der Waals surface area contributed by atoms with Crippen molar-refractivity contribution >= 4 is 27.3 Å². The van der Waals surface area contributed by atoms with E-state index in [9.17, 15) is 4.79 Å².